The van der Waals surface area contributed by atoms with Gasteiger partial charge < -0.3 is 48.1 Å². The van der Waals surface area contributed by atoms with E-state index in [1.54, 1.807) is 12.1 Å². The van der Waals surface area contributed by atoms with Gasteiger partial charge in [-0.15, -0.1) is 0 Å². The topological polar surface area (TPSA) is 298 Å². The van der Waals surface area contributed by atoms with Gasteiger partial charge in [0.25, 0.3) is 5.91 Å². The molecule has 0 aliphatic heterocycles. The number of thiol groups is 1. The van der Waals surface area contributed by atoms with E-state index in [9.17, 15) is 34.2 Å². The van der Waals surface area contributed by atoms with Gasteiger partial charge in [0.1, 0.15) is 18.1 Å². The fourth-order valence-electron chi connectivity index (χ4n) is 3.61. The summed E-state index contributed by atoms with van der Waals surface area (Å²) in [5, 5.41) is 38.4. The highest BCUT2D eigenvalue weighted by molar-refractivity contribution is 7.80. The van der Waals surface area contributed by atoms with Gasteiger partial charge in [0.15, 0.2) is 11.2 Å². The number of anilines is 2. The van der Waals surface area contributed by atoms with Gasteiger partial charge in [0, 0.05) is 30.0 Å². The molecular weight excluding hydrogens is 600 g/mol. The number of carboxylic acids is 2. The van der Waals surface area contributed by atoms with Crippen LogP contribution in [0.1, 0.15) is 28.9 Å². The summed E-state index contributed by atoms with van der Waals surface area (Å²) < 4.78 is 0. The number of fused-ring (bicyclic) bond motifs is 1. The summed E-state index contributed by atoms with van der Waals surface area (Å²) in [6.45, 7) is -0.122. The van der Waals surface area contributed by atoms with Crippen LogP contribution < -0.4 is 32.7 Å². The van der Waals surface area contributed by atoms with E-state index < -0.39 is 53.7 Å². The monoisotopic (exact) mass is 630 g/mol. The fraction of sp³-hybridized carbons (Fsp3) is 0.320. The Hall–Kier alpha value is -5.30. The van der Waals surface area contributed by atoms with Crippen molar-refractivity contribution in [2.45, 2.75) is 37.5 Å². The van der Waals surface area contributed by atoms with Crippen molar-refractivity contribution >= 4 is 65.1 Å². The molecule has 0 fully saturated rings. The van der Waals surface area contributed by atoms with Gasteiger partial charge in [-0.05, 0) is 30.7 Å². The van der Waals surface area contributed by atoms with E-state index in [2.05, 4.69) is 53.8 Å². The van der Waals surface area contributed by atoms with Crippen LogP contribution in [0.4, 0.5) is 11.6 Å². The van der Waals surface area contributed by atoms with Crippen LogP contribution in [0.25, 0.3) is 11.2 Å². The van der Waals surface area contributed by atoms with E-state index in [0.29, 0.717) is 11.4 Å². The highest BCUT2D eigenvalue weighted by Crippen LogP contribution is 2.19. The van der Waals surface area contributed by atoms with Crippen molar-refractivity contribution in [1.29, 1.82) is 0 Å². The van der Waals surface area contributed by atoms with Gasteiger partial charge in [-0.1, -0.05) is 0 Å². The Balaban J connectivity index is 1.47. The summed E-state index contributed by atoms with van der Waals surface area (Å²) >= 11 is 3.83. The smallest absolute Gasteiger partial charge is 0.327 e. The number of aromatic hydroxyl groups is 1. The summed E-state index contributed by atoms with van der Waals surface area (Å²) in [6, 6.07) is 2.20. The molecule has 3 rings (SSSR count). The third-order valence-corrected chi connectivity index (χ3v) is 6.36. The van der Waals surface area contributed by atoms with Crippen LogP contribution in [-0.2, 0) is 25.7 Å². The first-order chi connectivity index (χ1) is 20.9. The van der Waals surface area contributed by atoms with Crippen LogP contribution in [0.15, 0.2) is 30.5 Å². The lowest BCUT2D eigenvalue weighted by Crippen LogP contribution is -2.53. The first kappa shape index (κ1) is 33.2. The van der Waals surface area contributed by atoms with Crippen molar-refractivity contribution in [3.63, 3.8) is 0 Å². The quantitative estimate of drug-likeness (QED) is 0.0831. The minimum Gasteiger partial charge on any atom is -0.492 e. The van der Waals surface area contributed by atoms with Crippen molar-refractivity contribution < 1.29 is 39.3 Å². The zero-order valence-corrected chi connectivity index (χ0v) is 23.8. The molecule has 0 saturated heterocycles. The summed E-state index contributed by atoms with van der Waals surface area (Å²) in [7, 11) is 0. The molecule has 0 aliphatic rings. The Bertz CT molecular complexity index is 1540. The molecule has 0 saturated carbocycles. The molecule has 0 aliphatic carbocycles. The number of aromatic nitrogens is 4. The van der Waals surface area contributed by atoms with Crippen molar-refractivity contribution in [3.05, 3.63) is 41.7 Å². The number of aliphatic carboxylic acids is 2. The van der Waals surface area contributed by atoms with Gasteiger partial charge in [0.2, 0.25) is 23.6 Å². The average Bonchev–Trinajstić information content (AvgIpc) is 2.99. The number of nitrogens with two attached hydrogens (primary N) is 2. The number of carbonyl (C=O) groups is 5. The standard InChI is InChI=1S/C25H30N10O8S/c26-14(21(38)33-16(10-44)24(42)43)9-29-17(36)6-5-15(23(40)41)32-20(37)11-1-3-12(4-2-11)28-7-13-8-30-19-18(31-13)22(39)35-25(27)34-19/h1-4,8,14-16,28,44H,5-7,9-10,26H2,(H,29,36)(H,32,37)(H,33,38)(H,40,41)(H,42,43)(H3,27,30,34,35,39)/t14-,15+,16-/m0/s1. The molecule has 1 aromatic carbocycles. The van der Waals surface area contributed by atoms with E-state index >= 15 is 0 Å². The molecule has 0 unspecified atom stereocenters. The minimum atomic E-state index is -1.39. The van der Waals surface area contributed by atoms with Gasteiger partial charge in [-0.25, -0.2) is 19.6 Å². The molecule has 3 amide bonds. The Morgan fingerprint density at radius 3 is 2.27 bits per heavy atom. The van der Waals surface area contributed by atoms with Crippen molar-refractivity contribution in [3.8, 4) is 5.88 Å². The van der Waals surface area contributed by atoms with Crippen molar-refractivity contribution in [2.24, 2.45) is 5.73 Å². The number of carbonyl (C=O) groups excluding carboxylic acids is 3. The van der Waals surface area contributed by atoms with E-state index in [1.165, 1.54) is 18.3 Å². The second-order valence-corrected chi connectivity index (χ2v) is 9.63. The second kappa shape index (κ2) is 15.3. The molecule has 3 aromatic rings. The lowest BCUT2D eigenvalue weighted by atomic mass is 10.1. The van der Waals surface area contributed by atoms with Crippen molar-refractivity contribution in [2.75, 3.05) is 23.3 Å². The Morgan fingerprint density at radius 1 is 0.955 bits per heavy atom. The second-order valence-electron chi connectivity index (χ2n) is 9.27. The van der Waals surface area contributed by atoms with E-state index in [0.717, 1.165) is 0 Å². The fourth-order valence-corrected chi connectivity index (χ4v) is 3.85. The van der Waals surface area contributed by atoms with Crippen LogP contribution in [0, 0.1) is 0 Å². The van der Waals surface area contributed by atoms with Crippen LogP contribution >= 0.6 is 12.6 Å². The summed E-state index contributed by atoms with van der Waals surface area (Å²) in [6.07, 6.45) is 0.883. The highest BCUT2D eigenvalue weighted by atomic mass is 32.1. The molecule has 44 heavy (non-hydrogen) atoms. The SMILES string of the molecule is Nc1nc(O)c2nc(CNc3ccc(C(=O)N[C@H](CCC(=O)NC[C@H](N)C(=O)N[C@@H](CS)C(=O)O)C(=O)O)cc3)cnc2n1. The average molecular weight is 631 g/mol. The Kier molecular flexibility index (Phi) is 11.5. The first-order valence-corrected chi connectivity index (χ1v) is 13.5. The highest BCUT2D eigenvalue weighted by Gasteiger charge is 2.24. The largest absolute Gasteiger partial charge is 0.492 e. The van der Waals surface area contributed by atoms with Crippen LogP contribution in [0.3, 0.4) is 0 Å². The van der Waals surface area contributed by atoms with E-state index in [1.807, 2.05) is 0 Å². The summed E-state index contributed by atoms with van der Waals surface area (Å²) in [5.41, 5.74) is 12.6. The Morgan fingerprint density at radius 2 is 1.64 bits per heavy atom. The summed E-state index contributed by atoms with van der Waals surface area (Å²) in [5.74, 6) is -5.48. The van der Waals surface area contributed by atoms with Gasteiger partial charge in [-0.2, -0.15) is 22.6 Å². The number of nitrogens with one attached hydrogen (secondary N) is 4. The first-order valence-electron chi connectivity index (χ1n) is 12.9. The van der Waals surface area contributed by atoms with Gasteiger partial charge in [-0.3, -0.25) is 14.4 Å². The molecule has 2 aromatic heterocycles. The molecule has 0 radical (unpaired) electrons. The number of amides is 3. The maximum atomic E-state index is 12.7. The third-order valence-electron chi connectivity index (χ3n) is 5.99. The van der Waals surface area contributed by atoms with Crippen LogP contribution in [0.5, 0.6) is 5.88 Å². The summed E-state index contributed by atoms with van der Waals surface area (Å²) in [4.78, 5) is 75.4. The van der Waals surface area contributed by atoms with E-state index in [4.69, 9.17) is 16.6 Å². The van der Waals surface area contributed by atoms with Gasteiger partial charge in [0.05, 0.1) is 18.4 Å². The number of rotatable bonds is 15. The lowest BCUT2D eigenvalue weighted by molar-refractivity contribution is -0.141. The number of carboxylic acid groups (broad SMARTS) is 2. The number of benzene rings is 1. The lowest BCUT2D eigenvalue weighted by Gasteiger charge is -2.17. The van der Waals surface area contributed by atoms with Gasteiger partial charge >= 0.3 is 11.9 Å². The maximum Gasteiger partial charge on any atom is 0.327 e. The maximum absolute atomic E-state index is 12.7. The predicted octanol–water partition coefficient (Wildman–Crippen LogP) is -1.77. The number of nitrogen functional groups attached to an aromatic ring is 1. The minimum absolute atomic E-state index is 0.0857. The molecule has 234 valence electrons. The van der Waals surface area contributed by atoms with Crippen LogP contribution in [-0.4, -0.2) is 95.3 Å². The molecule has 18 nitrogen and oxygen atoms in total. The zero-order chi connectivity index (χ0) is 32.4. The predicted molar refractivity (Wildman–Crippen MR) is 158 cm³/mol. The number of hydrogen-bond acceptors (Lipinski definition) is 14. The molecule has 19 heteroatoms. The molecule has 11 N–H and O–H groups in total. The third kappa shape index (κ3) is 9.36. The number of nitrogens with zero attached hydrogens (tertiary/aromatic N) is 4. The molecule has 0 bridgehead atoms. The normalized spacial score (nSPS) is 12.9. The Labute approximate surface area is 254 Å². The van der Waals surface area contributed by atoms with Crippen LogP contribution in [0.2, 0.25) is 0 Å². The van der Waals surface area contributed by atoms with Crippen molar-refractivity contribution in [1.82, 2.24) is 35.9 Å². The molecular formula is C25H30N10O8S. The molecule has 3 atom stereocenters. The molecule has 0 spiro atoms. The molecule has 2 heterocycles. The van der Waals surface area contributed by atoms with E-state index in [-0.39, 0.29) is 54.4 Å². The number of hydrogen-bond donors (Lipinski definition) is 10. The zero-order valence-electron chi connectivity index (χ0n) is 22.9.